The number of carbonyl (C=O) groups excluding carboxylic acids is 1. The molecule has 0 spiro atoms. The van der Waals surface area contributed by atoms with Gasteiger partial charge in [-0.1, -0.05) is 44.0 Å². The van der Waals surface area contributed by atoms with E-state index < -0.39 is 59.0 Å². The summed E-state index contributed by atoms with van der Waals surface area (Å²) in [6, 6.07) is 9.88. The molecule has 0 aliphatic heterocycles. The van der Waals surface area contributed by atoms with E-state index in [-0.39, 0.29) is 11.1 Å². The zero-order valence-electron chi connectivity index (χ0n) is 22.0. The van der Waals surface area contributed by atoms with E-state index in [1.807, 2.05) is 6.07 Å². The molecular weight excluding hydrogens is 530 g/mol. The third-order valence-electron chi connectivity index (χ3n) is 7.44. The first-order valence-corrected chi connectivity index (χ1v) is 13.4. The Morgan fingerprint density at radius 1 is 0.900 bits per heavy atom. The lowest BCUT2D eigenvalue weighted by Gasteiger charge is -2.28. The van der Waals surface area contributed by atoms with Crippen molar-refractivity contribution in [2.75, 3.05) is 0 Å². The van der Waals surface area contributed by atoms with Crippen LogP contribution in [0.3, 0.4) is 0 Å². The van der Waals surface area contributed by atoms with E-state index in [0.717, 1.165) is 55.4 Å². The van der Waals surface area contributed by atoms with Crippen LogP contribution in [0.2, 0.25) is 0 Å². The molecule has 0 atom stereocenters. The minimum Gasteiger partial charge on any atom is -0.423 e. The average molecular weight is 561 g/mol. The van der Waals surface area contributed by atoms with Crippen LogP contribution in [0.15, 0.2) is 60.7 Å². The highest BCUT2D eigenvalue weighted by molar-refractivity contribution is 5.92. The largest absolute Gasteiger partial charge is 0.423 e. The molecule has 1 aliphatic rings. The van der Waals surface area contributed by atoms with Crippen molar-refractivity contribution in [1.82, 2.24) is 0 Å². The molecule has 0 heterocycles. The van der Waals surface area contributed by atoms with E-state index in [1.54, 1.807) is 6.07 Å². The summed E-state index contributed by atoms with van der Waals surface area (Å²) in [4.78, 5) is 12.5. The number of ether oxygens (including phenoxy) is 1. The SMILES string of the molecule is CCCC1CCC(c2ccc(-c3ccc(C(=O)Oc4cc(F)c(C/C=C/C(F)F)c(F)c4)c(F)c3)c(F)c2)CC1. The third kappa shape index (κ3) is 7.14. The molecule has 2 nitrogen and oxygen atoms in total. The lowest BCUT2D eigenvalue weighted by molar-refractivity contribution is 0.0729. The van der Waals surface area contributed by atoms with Crippen molar-refractivity contribution >= 4 is 5.97 Å². The van der Waals surface area contributed by atoms with Crippen molar-refractivity contribution < 1.29 is 35.9 Å². The third-order valence-corrected chi connectivity index (χ3v) is 7.44. The van der Waals surface area contributed by atoms with Gasteiger partial charge in [-0.3, -0.25) is 0 Å². The van der Waals surface area contributed by atoms with Gasteiger partial charge in [0.2, 0.25) is 0 Å². The van der Waals surface area contributed by atoms with Crippen LogP contribution in [0.4, 0.5) is 26.3 Å². The molecule has 1 aliphatic carbocycles. The van der Waals surface area contributed by atoms with Crippen LogP contribution in [-0.2, 0) is 6.42 Å². The molecule has 0 unspecified atom stereocenters. The molecule has 0 aromatic heterocycles. The van der Waals surface area contributed by atoms with Crippen molar-refractivity contribution in [3.63, 3.8) is 0 Å². The van der Waals surface area contributed by atoms with Gasteiger partial charge < -0.3 is 4.74 Å². The van der Waals surface area contributed by atoms with Crippen molar-refractivity contribution in [3.05, 3.63) is 101 Å². The Balaban J connectivity index is 1.45. The summed E-state index contributed by atoms with van der Waals surface area (Å²) in [7, 11) is 0. The summed E-state index contributed by atoms with van der Waals surface area (Å²) in [6.07, 6.45) is 4.91. The van der Waals surface area contributed by atoms with Gasteiger partial charge in [-0.2, -0.15) is 0 Å². The van der Waals surface area contributed by atoms with Crippen molar-refractivity contribution in [1.29, 1.82) is 0 Å². The lowest BCUT2D eigenvalue weighted by atomic mass is 9.77. The number of benzene rings is 3. The van der Waals surface area contributed by atoms with E-state index in [0.29, 0.717) is 24.1 Å². The highest BCUT2D eigenvalue weighted by Gasteiger charge is 2.23. The first-order chi connectivity index (χ1) is 19.2. The zero-order chi connectivity index (χ0) is 28.8. The summed E-state index contributed by atoms with van der Waals surface area (Å²) < 4.78 is 87.9. The number of hydrogen-bond donors (Lipinski definition) is 0. The minimum absolute atomic E-state index is 0.183. The van der Waals surface area contributed by atoms with Crippen LogP contribution in [-0.4, -0.2) is 12.4 Å². The molecule has 40 heavy (non-hydrogen) atoms. The average Bonchev–Trinajstić information content (AvgIpc) is 2.90. The number of esters is 1. The van der Waals surface area contributed by atoms with Gasteiger partial charge in [0, 0.05) is 23.3 Å². The molecule has 0 saturated heterocycles. The fourth-order valence-electron chi connectivity index (χ4n) is 5.34. The van der Waals surface area contributed by atoms with Crippen LogP contribution in [0, 0.1) is 29.2 Å². The van der Waals surface area contributed by atoms with Gasteiger partial charge in [-0.05, 0) is 79.3 Å². The van der Waals surface area contributed by atoms with Crippen LogP contribution in [0.25, 0.3) is 11.1 Å². The lowest BCUT2D eigenvalue weighted by Crippen LogP contribution is -2.13. The predicted molar refractivity (Wildman–Crippen MR) is 142 cm³/mol. The van der Waals surface area contributed by atoms with Gasteiger partial charge >= 0.3 is 5.97 Å². The Kier molecular flexibility index (Phi) is 9.71. The van der Waals surface area contributed by atoms with Gasteiger partial charge in [0.15, 0.2) is 0 Å². The highest BCUT2D eigenvalue weighted by atomic mass is 19.3. The maximum absolute atomic E-state index is 15.1. The predicted octanol–water partition coefficient (Wildman–Crippen LogP) is 9.57. The van der Waals surface area contributed by atoms with Gasteiger partial charge in [0.05, 0.1) is 5.56 Å². The van der Waals surface area contributed by atoms with E-state index in [1.165, 1.54) is 25.0 Å². The van der Waals surface area contributed by atoms with Crippen LogP contribution in [0.1, 0.15) is 72.9 Å². The number of hydrogen-bond acceptors (Lipinski definition) is 2. The molecule has 0 N–H and O–H groups in total. The Bertz CT molecular complexity index is 1350. The molecule has 1 saturated carbocycles. The van der Waals surface area contributed by atoms with E-state index >= 15 is 4.39 Å². The summed E-state index contributed by atoms with van der Waals surface area (Å²) in [5, 5.41) is 0. The van der Waals surface area contributed by atoms with Gasteiger partial charge in [-0.25, -0.2) is 31.1 Å². The van der Waals surface area contributed by atoms with Crippen LogP contribution < -0.4 is 4.74 Å². The van der Waals surface area contributed by atoms with Crippen LogP contribution in [0.5, 0.6) is 5.75 Å². The summed E-state index contributed by atoms with van der Waals surface area (Å²) in [5.74, 6) is -4.39. The number of allylic oxidation sites excluding steroid dienone is 2. The van der Waals surface area contributed by atoms with Gasteiger partial charge in [0.1, 0.15) is 29.0 Å². The molecule has 4 rings (SSSR count). The van der Waals surface area contributed by atoms with E-state index in [9.17, 15) is 26.7 Å². The van der Waals surface area contributed by atoms with Crippen LogP contribution >= 0.6 is 0 Å². The first-order valence-electron chi connectivity index (χ1n) is 13.4. The molecule has 1 fully saturated rings. The minimum atomic E-state index is -2.76. The second-order valence-corrected chi connectivity index (χ2v) is 10.2. The Morgan fingerprint density at radius 2 is 1.60 bits per heavy atom. The zero-order valence-corrected chi connectivity index (χ0v) is 22.0. The molecular formula is C32H30F6O2. The molecule has 3 aromatic carbocycles. The topological polar surface area (TPSA) is 26.3 Å². The molecule has 3 aromatic rings. The normalized spacial score (nSPS) is 17.5. The van der Waals surface area contributed by atoms with Crippen molar-refractivity contribution in [3.8, 4) is 16.9 Å². The number of rotatable bonds is 9. The van der Waals surface area contributed by atoms with E-state index in [4.69, 9.17) is 4.74 Å². The first kappa shape index (κ1) is 29.4. The number of alkyl halides is 2. The molecule has 0 bridgehead atoms. The monoisotopic (exact) mass is 560 g/mol. The molecule has 0 amide bonds. The Labute approximate surface area is 229 Å². The van der Waals surface area contributed by atoms with E-state index in [2.05, 4.69) is 6.92 Å². The maximum atomic E-state index is 15.1. The Morgan fingerprint density at radius 3 is 2.20 bits per heavy atom. The summed E-state index contributed by atoms with van der Waals surface area (Å²) >= 11 is 0. The maximum Gasteiger partial charge on any atom is 0.346 e. The van der Waals surface area contributed by atoms with Gasteiger partial charge in [0.25, 0.3) is 6.43 Å². The summed E-state index contributed by atoms with van der Waals surface area (Å²) in [6.45, 7) is 2.18. The highest BCUT2D eigenvalue weighted by Crippen LogP contribution is 2.38. The standard InChI is InChI=1S/C32H30F6O2/c1-2-4-19-7-9-20(10-8-19)21-11-13-24(27(33)15-21)22-12-14-26(28(34)16-22)32(39)40-23-17-29(35)25(30(36)18-23)5-3-6-31(37)38/h3,6,11-20,31H,2,4-5,7-10H2,1H3/b6-3+. The second kappa shape index (κ2) is 13.2. The Hall–Kier alpha value is -3.55. The molecule has 8 heteroatoms. The fourth-order valence-corrected chi connectivity index (χ4v) is 5.34. The molecule has 0 radical (unpaired) electrons. The molecule has 212 valence electrons. The van der Waals surface area contributed by atoms with Gasteiger partial charge in [-0.15, -0.1) is 0 Å². The smallest absolute Gasteiger partial charge is 0.346 e. The van der Waals surface area contributed by atoms with Crippen molar-refractivity contribution in [2.45, 2.75) is 64.2 Å². The number of halogens is 6. The fraction of sp³-hybridized carbons (Fsp3) is 0.344. The number of carbonyl (C=O) groups is 1. The quantitative estimate of drug-likeness (QED) is 0.113. The van der Waals surface area contributed by atoms with Crippen molar-refractivity contribution in [2.24, 2.45) is 5.92 Å². The summed E-state index contributed by atoms with van der Waals surface area (Å²) in [5.41, 5.74) is 0.345. The second-order valence-electron chi connectivity index (χ2n) is 10.2.